The van der Waals surface area contributed by atoms with E-state index < -0.39 is 6.61 Å². The van der Waals surface area contributed by atoms with Crippen LogP contribution in [0.2, 0.25) is 0 Å². The fourth-order valence-electron chi connectivity index (χ4n) is 2.86. The van der Waals surface area contributed by atoms with Crippen LogP contribution < -0.4 is 14.4 Å². The van der Waals surface area contributed by atoms with Gasteiger partial charge in [0.05, 0.1) is 7.11 Å². The van der Waals surface area contributed by atoms with E-state index in [2.05, 4.69) is 14.6 Å². The molecule has 0 unspecified atom stereocenters. The van der Waals surface area contributed by atoms with Gasteiger partial charge in [-0.2, -0.15) is 8.78 Å². The number of pyridine rings is 1. The zero-order chi connectivity index (χ0) is 18.5. The molecule has 0 bridgehead atoms. The molecule has 1 aromatic heterocycles. The molecule has 6 nitrogen and oxygen atoms in total. The third-order valence-electron chi connectivity index (χ3n) is 4.17. The van der Waals surface area contributed by atoms with Crippen molar-refractivity contribution in [3.63, 3.8) is 0 Å². The minimum Gasteiger partial charge on any atom is -0.493 e. The first-order chi connectivity index (χ1) is 12.6. The Bertz CT molecular complexity index is 751. The molecule has 26 heavy (non-hydrogen) atoms. The van der Waals surface area contributed by atoms with E-state index in [0.717, 1.165) is 5.82 Å². The van der Waals surface area contributed by atoms with Gasteiger partial charge in [-0.25, -0.2) is 4.98 Å². The van der Waals surface area contributed by atoms with E-state index in [0.29, 0.717) is 31.7 Å². The molecule has 3 rings (SSSR count). The first-order valence-electron chi connectivity index (χ1n) is 8.16. The molecule has 0 atom stereocenters. The topological polar surface area (TPSA) is 54.9 Å². The number of carbonyl (C=O) groups is 1. The van der Waals surface area contributed by atoms with Crippen LogP contribution >= 0.6 is 0 Å². The lowest BCUT2D eigenvalue weighted by atomic mass is 10.1. The maximum Gasteiger partial charge on any atom is 0.387 e. The van der Waals surface area contributed by atoms with Crippen molar-refractivity contribution in [3.8, 4) is 11.5 Å². The Morgan fingerprint density at radius 2 is 1.88 bits per heavy atom. The average molecular weight is 363 g/mol. The van der Waals surface area contributed by atoms with Crippen LogP contribution in [0.5, 0.6) is 11.5 Å². The summed E-state index contributed by atoms with van der Waals surface area (Å²) in [5, 5.41) is 0. The maximum atomic E-state index is 12.7. The van der Waals surface area contributed by atoms with E-state index in [4.69, 9.17) is 4.74 Å². The van der Waals surface area contributed by atoms with Gasteiger partial charge in [0.15, 0.2) is 11.5 Å². The van der Waals surface area contributed by atoms with Crippen molar-refractivity contribution in [2.24, 2.45) is 0 Å². The second-order valence-corrected chi connectivity index (χ2v) is 5.71. The molecule has 8 heteroatoms. The third kappa shape index (κ3) is 4.01. The van der Waals surface area contributed by atoms with Crippen LogP contribution in [-0.2, 0) is 0 Å². The Balaban J connectivity index is 1.66. The Morgan fingerprint density at radius 3 is 2.50 bits per heavy atom. The molecule has 1 aliphatic rings. The van der Waals surface area contributed by atoms with Gasteiger partial charge in [0.1, 0.15) is 5.82 Å². The predicted octanol–water partition coefficient (Wildman–Crippen LogP) is 2.65. The number of benzene rings is 1. The quantitative estimate of drug-likeness (QED) is 0.818. The Kier molecular flexibility index (Phi) is 5.50. The van der Waals surface area contributed by atoms with Crippen molar-refractivity contribution in [1.82, 2.24) is 9.88 Å². The van der Waals surface area contributed by atoms with Crippen molar-refractivity contribution in [2.75, 3.05) is 38.2 Å². The molecule has 0 N–H and O–H groups in total. The number of piperazine rings is 1. The summed E-state index contributed by atoms with van der Waals surface area (Å²) in [5.41, 5.74) is 0.370. The summed E-state index contributed by atoms with van der Waals surface area (Å²) >= 11 is 0. The minimum atomic E-state index is -2.95. The van der Waals surface area contributed by atoms with Crippen LogP contribution in [0.1, 0.15) is 10.4 Å². The molecule has 1 aliphatic heterocycles. The summed E-state index contributed by atoms with van der Waals surface area (Å²) in [6.45, 7) is -0.510. The normalized spacial score (nSPS) is 14.5. The number of nitrogens with zero attached hydrogens (tertiary/aromatic N) is 3. The van der Waals surface area contributed by atoms with Gasteiger partial charge >= 0.3 is 6.61 Å². The largest absolute Gasteiger partial charge is 0.493 e. The summed E-state index contributed by atoms with van der Waals surface area (Å²) in [7, 11) is 1.34. The third-order valence-corrected chi connectivity index (χ3v) is 4.17. The number of methoxy groups -OCH3 is 1. The monoisotopic (exact) mass is 363 g/mol. The highest BCUT2D eigenvalue weighted by atomic mass is 19.3. The van der Waals surface area contributed by atoms with Gasteiger partial charge < -0.3 is 19.3 Å². The minimum absolute atomic E-state index is 0.0981. The second-order valence-electron chi connectivity index (χ2n) is 5.71. The summed E-state index contributed by atoms with van der Waals surface area (Å²) in [6.07, 6.45) is 1.74. The zero-order valence-corrected chi connectivity index (χ0v) is 14.3. The van der Waals surface area contributed by atoms with Crippen LogP contribution in [0.25, 0.3) is 0 Å². The highest BCUT2D eigenvalue weighted by Crippen LogP contribution is 2.30. The standard InChI is InChI=1S/C18H19F2N3O3/c1-25-15-12-13(5-6-14(15)26-18(19)20)17(24)23-10-8-22(9-11-23)16-4-2-3-7-21-16/h2-7,12,18H,8-11H2,1H3. The lowest BCUT2D eigenvalue weighted by molar-refractivity contribution is -0.0512. The zero-order valence-electron chi connectivity index (χ0n) is 14.3. The molecule has 1 amide bonds. The second kappa shape index (κ2) is 7.99. The number of hydrogen-bond acceptors (Lipinski definition) is 5. The molecule has 138 valence electrons. The van der Waals surface area contributed by atoms with Gasteiger partial charge in [-0.1, -0.05) is 6.07 Å². The molecule has 0 spiro atoms. The number of rotatable bonds is 5. The molecule has 1 fully saturated rings. The summed E-state index contributed by atoms with van der Waals surface area (Å²) in [5.74, 6) is 0.713. The molecule has 2 heterocycles. The molecule has 2 aromatic rings. The van der Waals surface area contributed by atoms with E-state index in [9.17, 15) is 13.6 Å². The summed E-state index contributed by atoms with van der Waals surface area (Å²) in [6, 6.07) is 9.93. The Morgan fingerprint density at radius 1 is 1.12 bits per heavy atom. The highest BCUT2D eigenvalue weighted by molar-refractivity contribution is 5.95. The predicted molar refractivity (Wildman–Crippen MR) is 92.0 cm³/mol. The molecule has 1 aromatic carbocycles. The molecular formula is C18H19F2N3O3. The van der Waals surface area contributed by atoms with E-state index in [1.165, 1.54) is 25.3 Å². The lowest BCUT2D eigenvalue weighted by Crippen LogP contribution is -2.49. The van der Waals surface area contributed by atoms with Gasteiger partial charge in [0.2, 0.25) is 0 Å². The van der Waals surface area contributed by atoms with E-state index in [-0.39, 0.29) is 17.4 Å². The van der Waals surface area contributed by atoms with E-state index in [1.807, 2.05) is 18.2 Å². The Labute approximate surface area is 149 Å². The van der Waals surface area contributed by atoms with Crippen LogP contribution in [0, 0.1) is 0 Å². The molecular weight excluding hydrogens is 344 g/mol. The number of halogens is 2. The maximum absolute atomic E-state index is 12.7. The molecule has 0 saturated carbocycles. The van der Waals surface area contributed by atoms with Gasteiger partial charge in [0.25, 0.3) is 5.91 Å². The highest BCUT2D eigenvalue weighted by Gasteiger charge is 2.24. The first kappa shape index (κ1) is 17.9. The van der Waals surface area contributed by atoms with Crippen molar-refractivity contribution in [1.29, 1.82) is 0 Å². The average Bonchev–Trinajstić information content (AvgIpc) is 2.68. The van der Waals surface area contributed by atoms with E-state index in [1.54, 1.807) is 11.1 Å². The molecule has 0 aliphatic carbocycles. The van der Waals surface area contributed by atoms with Gasteiger partial charge in [0, 0.05) is 37.9 Å². The molecule has 0 radical (unpaired) electrons. The van der Waals surface area contributed by atoms with Crippen LogP contribution in [0.4, 0.5) is 14.6 Å². The smallest absolute Gasteiger partial charge is 0.387 e. The summed E-state index contributed by atoms with van der Waals surface area (Å²) < 4.78 is 34.2. The molecule has 1 saturated heterocycles. The van der Waals surface area contributed by atoms with Crippen molar-refractivity contribution < 1.29 is 23.0 Å². The number of amides is 1. The first-order valence-corrected chi connectivity index (χ1v) is 8.16. The Hall–Kier alpha value is -2.90. The van der Waals surface area contributed by atoms with Gasteiger partial charge in [-0.3, -0.25) is 4.79 Å². The van der Waals surface area contributed by atoms with Crippen LogP contribution in [0.15, 0.2) is 42.6 Å². The van der Waals surface area contributed by atoms with Crippen LogP contribution in [0.3, 0.4) is 0 Å². The number of alkyl halides is 2. The van der Waals surface area contributed by atoms with Gasteiger partial charge in [-0.15, -0.1) is 0 Å². The number of ether oxygens (including phenoxy) is 2. The lowest BCUT2D eigenvalue weighted by Gasteiger charge is -2.35. The fraction of sp³-hybridized carbons (Fsp3) is 0.333. The van der Waals surface area contributed by atoms with Crippen molar-refractivity contribution >= 4 is 11.7 Å². The number of hydrogen-bond donors (Lipinski definition) is 0. The summed E-state index contributed by atoms with van der Waals surface area (Å²) in [4.78, 5) is 20.8. The fourth-order valence-corrected chi connectivity index (χ4v) is 2.86. The van der Waals surface area contributed by atoms with Gasteiger partial charge in [-0.05, 0) is 30.3 Å². The number of anilines is 1. The van der Waals surface area contributed by atoms with E-state index >= 15 is 0 Å². The van der Waals surface area contributed by atoms with Crippen molar-refractivity contribution in [3.05, 3.63) is 48.2 Å². The van der Waals surface area contributed by atoms with Crippen LogP contribution in [-0.4, -0.2) is 55.7 Å². The number of carbonyl (C=O) groups excluding carboxylic acids is 1. The number of aromatic nitrogens is 1. The van der Waals surface area contributed by atoms with Crippen molar-refractivity contribution in [2.45, 2.75) is 6.61 Å². The SMILES string of the molecule is COc1cc(C(=O)N2CCN(c3ccccn3)CC2)ccc1OC(F)F.